The summed E-state index contributed by atoms with van der Waals surface area (Å²) in [6, 6.07) is 0.826. The Hall–Kier alpha value is -0.720. The molecule has 0 saturated heterocycles. The predicted octanol–water partition coefficient (Wildman–Crippen LogP) is 2.08. The highest BCUT2D eigenvalue weighted by atomic mass is 32.2. The van der Waals surface area contributed by atoms with E-state index < -0.39 is 23.6 Å². The number of rotatable bonds is 4. The van der Waals surface area contributed by atoms with Gasteiger partial charge >= 0.3 is 0 Å². The van der Waals surface area contributed by atoms with Crippen molar-refractivity contribution >= 4 is 11.8 Å². The predicted molar refractivity (Wildman–Crippen MR) is 57.0 cm³/mol. The van der Waals surface area contributed by atoms with Gasteiger partial charge in [0.2, 0.25) is 0 Å². The summed E-state index contributed by atoms with van der Waals surface area (Å²) in [4.78, 5) is -0.377. The van der Waals surface area contributed by atoms with Crippen molar-refractivity contribution in [2.75, 3.05) is 19.8 Å². The van der Waals surface area contributed by atoms with Crippen LogP contribution in [0.1, 0.15) is 11.7 Å². The Balaban J connectivity index is 3.22. The molecule has 0 aliphatic rings. The van der Waals surface area contributed by atoms with E-state index >= 15 is 0 Å². The van der Waals surface area contributed by atoms with Crippen molar-refractivity contribution in [1.29, 1.82) is 0 Å². The Labute approximate surface area is 95.9 Å². The zero-order chi connectivity index (χ0) is 12.3. The largest absolute Gasteiger partial charge is 0.387 e. The van der Waals surface area contributed by atoms with E-state index in [0.29, 0.717) is 0 Å². The van der Waals surface area contributed by atoms with Crippen LogP contribution in [0.4, 0.5) is 13.2 Å². The van der Waals surface area contributed by atoms with Crippen LogP contribution in [0.25, 0.3) is 0 Å². The minimum absolute atomic E-state index is 0.0222. The van der Waals surface area contributed by atoms with Crippen molar-refractivity contribution in [1.82, 2.24) is 5.32 Å². The second-order valence-electron chi connectivity index (χ2n) is 3.18. The number of hydrogen-bond donors (Lipinski definition) is 2. The summed E-state index contributed by atoms with van der Waals surface area (Å²) in [5.74, 6) is -3.32. The zero-order valence-corrected chi connectivity index (χ0v) is 9.67. The third kappa shape index (κ3) is 2.50. The zero-order valence-electron chi connectivity index (χ0n) is 8.85. The smallest absolute Gasteiger partial charge is 0.175 e. The first-order valence-electron chi connectivity index (χ1n) is 4.57. The second-order valence-corrected chi connectivity index (χ2v) is 4.00. The highest BCUT2D eigenvalue weighted by molar-refractivity contribution is 7.98. The number of likely N-dealkylation sites (N-methyl/N-ethyl adjacent to an activating group) is 1. The van der Waals surface area contributed by atoms with Crippen LogP contribution in [0, 0.1) is 17.5 Å². The molecule has 90 valence electrons. The van der Waals surface area contributed by atoms with Gasteiger partial charge in [0, 0.05) is 12.1 Å². The molecule has 16 heavy (non-hydrogen) atoms. The molecule has 0 heterocycles. The number of nitrogens with one attached hydrogen (secondary N) is 1. The van der Waals surface area contributed by atoms with Crippen LogP contribution in [0.2, 0.25) is 0 Å². The van der Waals surface area contributed by atoms with Gasteiger partial charge in [-0.2, -0.15) is 0 Å². The number of halogens is 3. The topological polar surface area (TPSA) is 32.3 Å². The molecule has 0 spiro atoms. The fourth-order valence-electron chi connectivity index (χ4n) is 1.33. The van der Waals surface area contributed by atoms with Gasteiger partial charge in [-0.15, -0.1) is 11.8 Å². The summed E-state index contributed by atoms with van der Waals surface area (Å²) < 4.78 is 40.1. The summed E-state index contributed by atoms with van der Waals surface area (Å²) in [6.07, 6.45) is 0.176. The minimum Gasteiger partial charge on any atom is -0.387 e. The first-order valence-corrected chi connectivity index (χ1v) is 5.79. The van der Waals surface area contributed by atoms with E-state index in [9.17, 15) is 18.3 Å². The number of hydrogen-bond acceptors (Lipinski definition) is 3. The third-order valence-corrected chi connectivity index (χ3v) is 2.89. The van der Waals surface area contributed by atoms with E-state index in [1.807, 2.05) is 0 Å². The van der Waals surface area contributed by atoms with Crippen molar-refractivity contribution in [3.05, 3.63) is 29.1 Å². The van der Waals surface area contributed by atoms with Crippen molar-refractivity contribution in [2.24, 2.45) is 0 Å². The molecule has 0 amide bonds. The molecular weight excluding hydrogens is 239 g/mol. The highest BCUT2D eigenvalue weighted by Gasteiger charge is 2.22. The summed E-state index contributed by atoms with van der Waals surface area (Å²) >= 11 is 0.783. The molecule has 1 aromatic carbocycles. The molecular formula is C10H12F3NOS. The van der Waals surface area contributed by atoms with Gasteiger partial charge in [-0.25, -0.2) is 13.2 Å². The maximum Gasteiger partial charge on any atom is 0.175 e. The lowest BCUT2D eigenvalue weighted by Crippen LogP contribution is -2.18. The van der Waals surface area contributed by atoms with Gasteiger partial charge in [-0.3, -0.25) is 0 Å². The molecule has 1 rings (SSSR count). The molecule has 0 aliphatic carbocycles. The van der Waals surface area contributed by atoms with Crippen molar-refractivity contribution in [3.63, 3.8) is 0 Å². The number of aliphatic hydroxyl groups is 1. The monoisotopic (exact) mass is 251 g/mol. The lowest BCUT2D eigenvalue weighted by atomic mass is 10.1. The Bertz CT molecular complexity index is 387. The molecule has 2 N–H and O–H groups in total. The fraction of sp³-hybridized carbons (Fsp3) is 0.400. The summed E-state index contributed by atoms with van der Waals surface area (Å²) in [7, 11) is 1.55. The van der Waals surface area contributed by atoms with Gasteiger partial charge in [0.15, 0.2) is 11.6 Å². The second kappa shape index (κ2) is 5.56. The fourth-order valence-corrected chi connectivity index (χ4v) is 1.85. The van der Waals surface area contributed by atoms with E-state index in [4.69, 9.17) is 0 Å². The summed E-state index contributed by atoms with van der Waals surface area (Å²) in [5, 5.41) is 12.1. The Morgan fingerprint density at radius 3 is 2.50 bits per heavy atom. The van der Waals surface area contributed by atoms with E-state index in [0.717, 1.165) is 17.8 Å². The van der Waals surface area contributed by atoms with Gasteiger partial charge in [-0.1, -0.05) is 0 Å². The molecule has 0 saturated carbocycles. The van der Waals surface area contributed by atoms with E-state index in [2.05, 4.69) is 5.32 Å². The molecule has 1 atom stereocenters. The molecule has 0 bridgehead atoms. The minimum atomic E-state index is -1.27. The van der Waals surface area contributed by atoms with Crippen LogP contribution in [-0.4, -0.2) is 25.0 Å². The maximum atomic E-state index is 13.5. The summed E-state index contributed by atoms with van der Waals surface area (Å²) in [6.45, 7) is 0.0222. The quantitative estimate of drug-likeness (QED) is 0.635. The van der Waals surface area contributed by atoms with Crippen LogP contribution in [-0.2, 0) is 0 Å². The average Bonchev–Trinajstić information content (AvgIpc) is 2.24. The van der Waals surface area contributed by atoms with Crippen molar-refractivity contribution in [3.8, 4) is 0 Å². The normalized spacial score (nSPS) is 12.9. The average molecular weight is 251 g/mol. The Morgan fingerprint density at radius 2 is 2.00 bits per heavy atom. The van der Waals surface area contributed by atoms with Crippen molar-refractivity contribution < 1.29 is 18.3 Å². The molecule has 0 radical (unpaired) electrons. The molecule has 6 heteroatoms. The first kappa shape index (κ1) is 13.3. The standard InChI is InChI=1S/C10H12F3NOS/c1-14-4-7(15)5-3-6(11)10(16-2)9(13)8(5)12/h3,7,14-15H,4H2,1-2H3. The lowest BCUT2D eigenvalue weighted by Gasteiger charge is -2.13. The van der Waals surface area contributed by atoms with E-state index in [1.165, 1.54) is 6.26 Å². The van der Waals surface area contributed by atoms with Crippen LogP contribution in [0.5, 0.6) is 0 Å². The molecule has 0 aliphatic heterocycles. The van der Waals surface area contributed by atoms with Crippen LogP contribution in [0.15, 0.2) is 11.0 Å². The number of thioether (sulfide) groups is 1. The molecule has 1 unspecified atom stereocenters. The molecule has 0 fully saturated rings. The van der Waals surface area contributed by atoms with Gasteiger partial charge in [-0.05, 0) is 19.4 Å². The summed E-state index contributed by atoms with van der Waals surface area (Å²) in [5.41, 5.74) is -0.373. The van der Waals surface area contributed by atoms with Crippen LogP contribution < -0.4 is 5.32 Å². The van der Waals surface area contributed by atoms with E-state index in [1.54, 1.807) is 7.05 Å². The van der Waals surface area contributed by atoms with Crippen LogP contribution in [0.3, 0.4) is 0 Å². The third-order valence-electron chi connectivity index (χ3n) is 2.11. The van der Waals surface area contributed by atoms with Crippen molar-refractivity contribution in [2.45, 2.75) is 11.0 Å². The first-order chi connectivity index (χ1) is 7.52. The molecule has 0 aromatic heterocycles. The highest BCUT2D eigenvalue weighted by Crippen LogP contribution is 2.29. The van der Waals surface area contributed by atoms with Gasteiger partial charge in [0.1, 0.15) is 5.82 Å². The number of aliphatic hydroxyl groups excluding tert-OH is 1. The van der Waals surface area contributed by atoms with E-state index in [-0.39, 0.29) is 17.0 Å². The SMILES string of the molecule is CNCC(O)c1cc(F)c(SC)c(F)c1F. The molecule has 2 nitrogen and oxygen atoms in total. The lowest BCUT2D eigenvalue weighted by molar-refractivity contribution is 0.170. The maximum absolute atomic E-state index is 13.5. The Kier molecular flexibility index (Phi) is 4.64. The molecule has 1 aromatic rings. The van der Waals surface area contributed by atoms with Gasteiger partial charge in [0.25, 0.3) is 0 Å². The Morgan fingerprint density at radius 1 is 1.38 bits per heavy atom. The number of benzene rings is 1. The van der Waals surface area contributed by atoms with Gasteiger partial charge in [0.05, 0.1) is 11.0 Å². The van der Waals surface area contributed by atoms with Gasteiger partial charge < -0.3 is 10.4 Å². The van der Waals surface area contributed by atoms with Crippen LogP contribution >= 0.6 is 11.8 Å².